The molecule has 0 amide bonds. The summed E-state index contributed by atoms with van der Waals surface area (Å²) in [6.45, 7) is 13.3. The van der Waals surface area contributed by atoms with Gasteiger partial charge >= 0.3 is 0 Å². The number of nitrogens with zero attached hydrogens (tertiary/aromatic N) is 7. The Kier molecular flexibility index (Phi) is 5.92. The number of anilines is 2. The zero-order valence-electron chi connectivity index (χ0n) is 18.7. The van der Waals surface area contributed by atoms with Crippen molar-refractivity contribution in [3.8, 4) is 11.1 Å². The van der Waals surface area contributed by atoms with Crippen LogP contribution in [-0.4, -0.2) is 59.0 Å². The molecule has 1 N–H and O–H groups in total. The largest absolute Gasteiger partial charge is 0.380 e. The van der Waals surface area contributed by atoms with E-state index in [1.54, 1.807) is 18.6 Å². The number of piperazine rings is 1. The van der Waals surface area contributed by atoms with Crippen molar-refractivity contribution < 1.29 is 4.39 Å². The molecule has 1 aromatic carbocycles. The van der Waals surface area contributed by atoms with Gasteiger partial charge in [-0.3, -0.25) is 0 Å². The van der Waals surface area contributed by atoms with Gasteiger partial charge in [0.05, 0.1) is 12.3 Å². The van der Waals surface area contributed by atoms with Crippen LogP contribution < -0.4 is 15.1 Å². The maximum atomic E-state index is 13.5. The van der Waals surface area contributed by atoms with E-state index in [1.807, 2.05) is 17.7 Å². The summed E-state index contributed by atoms with van der Waals surface area (Å²) in [6, 6.07) is 7.21. The van der Waals surface area contributed by atoms with Gasteiger partial charge in [-0.05, 0) is 36.6 Å². The van der Waals surface area contributed by atoms with Crippen LogP contribution in [0.3, 0.4) is 0 Å². The van der Waals surface area contributed by atoms with E-state index in [-0.39, 0.29) is 0 Å². The highest BCUT2D eigenvalue weighted by Crippen LogP contribution is 2.46. The number of hydrogen-bond acceptors (Lipinski definition) is 6. The molecule has 0 aliphatic carbocycles. The van der Waals surface area contributed by atoms with Gasteiger partial charge in [-0.2, -0.15) is 4.39 Å². The summed E-state index contributed by atoms with van der Waals surface area (Å²) in [5.74, 6) is 0.850. The topological polar surface area (TPSA) is 66.5 Å². The van der Waals surface area contributed by atoms with Crippen LogP contribution in [0.1, 0.15) is 24.6 Å². The number of nitrogens with one attached hydrogen (secondary N) is 1. The third-order valence-electron chi connectivity index (χ3n) is 6.66. The van der Waals surface area contributed by atoms with Gasteiger partial charge in [-0.15, -0.1) is 10.2 Å². The number of aromatic nitrogens is 4. The lowest BCUT2D eigenvalue weighted by atomic mass is 9.93. The Morgan fingerprint density at radius 3 is 2.48 bits per heavy atom. The molecule has 0 spiro atoms. The quantitative estimate of drug-likeness (QED) is 0.490. The molecule has 5 rings (SSSR count). The van der Waals surface area contributed by atoms with E-state index in [0.29, 0.717) is 11.6 Å². The third kappa shape index (κ3) is 4.14. The fraction of sp³-hybridized carbons (Fsp3) is 0.417. The van der Waals surface area contributed by atoms with E-state index in [0.717, 1.165) is 80.4 Å². The first-order valence-corrected chi connectivity index (χ1v) is 11.4. The monoisotopic (exact) mass is 446 g/mol. The van der Waals surface area contributed by atoms with E-state index >= 15 is 0 Å². The van der Waals surface area contributed by atoms with Crippen LogP contribution in [0.15, 0.2) is 36.8 Å². The van der Waals surface area contributed by atoms with Gasteiger partial charge in [-0.1, -0.05) is 6.07 Å². The summed E-state index contributed by atoms with van der Waals surface area (Å²) >= 11 is 0. The Bertz CT molecular complexity index is 1150. The number of rotatable bonds is 4. The van der Waals surface area contributed by atoms with Crippen LogP contribution in [-0.2, 0) is 7.05 Å². The predicted molar refractivity (Wildman–Crippen MR) is 126 cm³/mol. The van der Waals surface area contributed by atoms with Gasteiger partial charge in [-0.25, -0.2) is 9.83 Å². The molecule has 0 bridgehead atoms. The summed E-state index contributed by atoms with van der Waals surface area (Å²) in [6.07, 6.45) is 5.17. The van der Waals surface area contributed by atoms with Crippen molar-refractivity contribution >= 4 is 17.1 Å². The van der Waals surface area contributed by atoms with Crippen molar-refractivity contribution in [3.05, 3.63) is 60.0 Å². The van der Waals surface area contributed by atoms with Crippen LogP contribution in [0.2, 0.25) is 0 Å². The molecule has 33 heavy (non-hydrogen) atoms. The van der Waals surface area contributed by atoms with Gasteiger partial charge in [0.1, 0.15) is 12.2 Å². The SMILES string of the molecule is [C-]#[N+]c1c(N2CCNCC2)ccc(-c2ccc(F)nc2)c1N1CCC(c2nncn2C)CC1. The van der Waals surface area contributed by atoms with Crippen LogP contribution >= 0.6 is 0 Å². The molecule has 0 unspecified atom stereocenters. The molecule has 2 aliphatic heterocycles. The smallest absolute Gasteiger partial charge is 0.232 e. The molecule has 2 saturated heterocycles. The average Bonchev–Trinajstić information content (AvgIpc) is 3.30. The molecule has 4 heterocycles. The minimum Gasteiger partial charge on any atom is -0.380 e. The van der Waals surface area contributed by atoms with Crippen LogP contribution in [0.25, 0.3) is 16.0 Å². The minimum atomic E-state index is -0.507. The van der Waals surface area contributed by atoms with Gasteiger partial charge in [0.15, 0.2) is 0 Å². The summed E-state index contributed by atoms with van der Waals surface area (Å²) in [5.41, 5.74) is 4.29. The van der Waals surface area contributed by atoms with Crippen LogP contribution in [0, 0.1) is 12.5 Å². The molecule has 170 valence electrons. The molecule has 0 radical (unpaired) electrons. The maximum absolute atomic E-state index is 13.5. The second-order valence-electron chi connectivity index (χ2n) is 8.61. The Balaban J connectivity index is 1.54. The molecule has 9 heteroatoms. The summed E-state index contributed by atoms with van der Waals surface area (Å²) in [5, 5.41) is 11.7. The van der Waals surface area contributed by atoms with Crippen LogP contribution in [0.4, 0.5) is 21.5 Å². The minimum absolute atomic E-state index is 0.345. The molecule has 8 nitrogen and oxygen atoms in total. The molecular weight excluding hydrogens is 419 g/mol. The molecule has 0 saturated carbocycles. The maximum Gasteiger partial charge on any atom is 0.232 e. The van der Waals surface area contributed by atoms with E-state index in [9.17, 15) is 4.39 Å². The van der Waals surface area contributed by atoms with Crippen molar-refractivity contribution in [1.29, 1.82) is 0 Å². The van der Waals surface area contributed by atoms with Gasteiger partial charge in [0.2, 0.25) is 11.6 Å². The van der Waals surface area contributed by atoms with Crippen molar-refractivity contribution in [3.63, 3.8) is 0 Å². The molecule has 2 aliphatic rings. The zero-order valence-corrected chi connectivity index (χ0v) is 18.7. The van der Waals surface area contributed by atoms with Gasteiger partial charge < -0.3 is 19.7 Å². The average molecular weight is 447 g/mol. The lowest BCUT2D eigenvalue weighted by Gasteiger charge is -2.37. The lowest BCUT2D eigenvalue weighted by molar-refractivity contribution is 0.474. The Hall–Kier alpha value is -3.51. The summed E-state index contributed by atoms with van der Waals surface area (Å²) in [4.78, 5) is 12.5. The number of piperidine rings is 1. The molecule has 0 atom stereocenters. The molecule has 2 fully saturated rings. The standard InChI is InChI=1S/C24H27FN8/c1-26-22-20(32-13-9-27-10-14-32)5-4-19(18-3-6-21(25)28-15-18)23(22)33-11-7-17(8-12-33)24-30-29-16-31(24)2/h3-6,15-17,27H,7-14H2,2H3. The highest BCUT2D eigenvalue weighted by Gasteiger charge is 2.29. The molecular formula is C24H27FN8. The molecule has 3 aromatic rings. The molecule has 2 aromatic heterocycles. The number of halogens is 1. The summed E-state index contributed by atoms with van der Waals surface area (Å²) < 4.78 is 15.5. The van der Waals surface area contributed by atoms with Crippen LogP contribution in [0.5, 0.6) is 0 Å². The number of pyridine rings is 1. The highest BCUT2D eigenvalue weighted by molar-refractivity contribution is 5.95. The zero-order chi connectivity index (χ0) is 22.8. The van der Waals surface area contributed by atoms with Crippen molar-refractivity contribution in [2.45, 2.75) is 18.8 Å². The second-order valence-corrected chi connectivity index (χ2v) is 8.61. The number of hydrogen-bond donors (Lipinski definition) is 1. The summed E-state index contributed by atoms with van der Waals surface area (Å²) in [7, 11) is 1.98. The fourth-order valence-electron chi connectivity index (χ4n) is 4.95. The third-order valence-corrected chi connectivity index (χ3v) is 6.66. The van der Waals surface area contributed by atoms with Crippen molar-refractivity contribution in [1.82, 2.24) is 25.1 Å². The normalized spacial score (nSPS) is 17.2. The van der Waals surface area contributed by atoms with E-state index in [1.165, 1.54) is 6.07 Å². The predicted octanol–water partition coefficient (Wildman–Crippen LogP) is 3.36. The first-order chi connectivity index (χ1) is 16.2. The Morgan fingerprint density at radius 1 is 1.06 bits per heavy atom. The lowest BCUT2D eigenvalue weighted by Crippen LogP contribution is -2.43. The van der Waals surface area contributed by atoms with Gasteiger partial charge in [0.25, 0.3) is 0 Å². The Morgan fingerprint density at radius 2 is 1.85 bits per heavy atom. The first kappa shape index (κ1) is 21.3. The van der Waals surface area contributed by atoms with Crippen molar-refractivity contribution in [2.75, 3.05) is 49.1 Å². The Labute approximate surface area is 192 Å². The highest BCUT2D eigenvalue weighted by atomic mass is 19.1. The van der Waals surface area contributed by atoms with Gasteiger partial charge in [0, 0.05) is 69.7 Å². The van der Waals surface area contributed by atoms with E-state index in [4.69, 9.17) is 6.57 Å². The first-order valence-electron chi connectivity index (χ1n) is 11.4. The van der Waals surface area contributed by atoms with E-state index in [2.05, 4.69) is 41.2 Å². The number of benzene rings is 1. The second kappa shape index (κ2) is 9.16. The number of aryl methyl sites for hydroxylation is 1. The van der Waals surface area contributed by atoms with E-state index < -0.39 is 5.95 Å². The van der Waals surface area contributed by atoms with Crippen molar-refractivity contribution in [2.24, 2.45) is 7.05 Å². The fourth-order valence-corrected chi connectivity index (χ4v) is 4.95.